The summed E-state index contributed by atoms with van der Waals surface area (Å²) in [7, 11) is 0. The first-order chi connectivity index (χ1) is 15.7. The van der Waals surface area contributed by atoms with Gasteiger partial charge in [-0.1, -0.05) is 99.7 Å². The van der Waals surface area contributed by atoms with Crippen LogP contribution in [0.4, 0.5) is 0 Å². The summed E-state index contributed by atoms with van der Waals surface area (Å²) >= 11 is 0. The van der Waals surface area contributed by atoms with Crippen LogP contribution in [0.2, 0.25) is 0 Å². The summed E-state index contributed by atoms with van der Waals surface area (Å²) < 4.78 is 11.7. The van der Waals surface area contributed by atoms with Crippen LogP contribution in [0.25, 0.3) is 22.3 Å². The highest BCUT2D eigenvalue weighted by molar-refractivity contribution is 5.83. The van der Waals surface area contributed by atoms with Crippen molar-refractivity contribution in [2.45, 2.75) is 65.4 Å². The van der Waals surface area contributed by atoms with Crippen LogP contribution < -0.4 is 4.74 Å². The largest absolute Gasteiger partial charge is 0.494 e. The van der Waals surface area contributed by atoms with Gasteiger partial charge in [-0.25, -0.2) is 0 Å². The first-order valence-electron chi connectivity index (χ1n) is 12.3. The third-order valence-corrected chi connectivity index (χ3v) is 5.96. The lowest BCUT2D eigenvalue weighted by Gasteiger charge is -2.15. The fourth-order valence-electron chi connectivity index (χ4n) is 4.06. The Morgan fingerprint density at radius 3 is 1.81 bits per heavy atom. The topological polar surface area (TPSA) is 18.5 Å². The molecule has 3 aromatic rings. The molecule has 0 fully saturated rings. The predicted octanol–water partition coefficient (Wildman–Crippen LogP) is 8.86. The molecule has 0 spiro atoms. The van der Waals surface area contributed by atoms with E-state index >= 15 is 0 Å². The van der Waals surface area contributed by atoms with Crippen molar-refractivity contribution in [3.63, 3.8) is 0 Å². The first-order valence-corrected chi connectivity index (χ1v) is 12.3. The van der Waals surface area contributed by atoms with E-state index in [-0.39, 0.29) is 6.10 Å². The summed E-state index contributed by atoms with van der Waals surface area (Å²) in [5, 5.41) is 0. The van der Waals surface area contributed by atoms with Gasteiger partial charge in [0.2, 0.25) is 0 Å². The highest BCUT2D eigenvalue weighted by Crippen LogP contribution is 2.33. The summed E-state index contributed by atoms with van der Waals surface area (Å²) in [4.78, 5) is 0. The van der Waals surface area contributed by atoms with Crippen LogP contribution in [0.15, 0.2) is 72.8 Å². The van der Waals surface area contributed by atoms with Crippen LogP contribution in [-0.2, 0) is 4.74 Å². The molecule has 0 saturated heterocycles. The van der Waals surface area contributed by atoms with E-state index in [4.69, 9.17) is 9.47 Å². The SMILES string of the molecule is CCCCCCCCOC(C)c1ccc(-c2ccccc2-c2ccc(OCC)cc2)cc1. The quantitative estimate of drug-likeness (QED) is 0.252. The normalized spacial score (nSPS) is 12.0. The minimum Gasteiger partial charge on any atom is -0.494 e. The zero-order valence-corrected chi connectivity index (χ0v) is 20.0. The average Bonchev–Trinajstić information content (AvgIpc) is 2.84. The zero-order valence-electron chi connectivity index (χ0n) is 20.0. The molecular formula is C30H38O2. The molecule has 0 aliphatic heterocycles. The van der Waals surface area contributed by atoms with E-state index < -0.39 is 0 Å². The zero-order chi connectivity index (χ0) is 22.6. The van der Waals surface area contributed by atoms with Gasteiger partial charge in [0.15, 0.2) is 0 Å². The Hall–Kier alpha value is -2.58. The van der Waals surface area contributed by atoms with Crippen LogP contribution >= 0.6 is 0 Å². The molecule has 0 bridgehead atoms. The molecule has 170 valence electrons. The van der Waals surface area contributed by atoms with Crippen LogP contribution in [0, 0.1) is 0 Å². The molecule has 0 aliphatic rings. The third-order valence-electron chi connectivity index (χ3n) is 5.96. The molecule has 0 aromatic heterocycles. The van der Waals surface area contributed by atoms with Crippen LogP contribution in [0.5, 0.6) is 5.75 Å². The highest BCUT2D eigenvalue weighted by atomic mass is 16.5. The lowest BCUT2D eigenvalue weighted by molar-refractivity contribution is 0.0627. The molecule has 1 atom stereocenters. The summed E-state index contributed by atoms with van der Waals surface area (Å²) in [6.07, 6.45) is 7.88. The number of ether oxygens (including phenoxy) is 2. The van der Waals surface area contributed by atoms with Gasteiger partial charge in [0, 0.05) is 6.61 Å². The molecule has 0 N–H and O–H groups in total. The summed E-state index contributed by atoms with van der Waals surface area (Å²) in [5.41, 5.74) is 6.13. The van der Waals surface area contributed by atoms with Crippen molar-refractivity contribution >= 4 is 0 Å². The summed E-state index contributed by atoms with van der Waals surface area (Å²) in [6.45, 7) is 7.95. The smallest absolute Gasteiger partial charge is 0.119 e. The molecule has 0 aliphatic carbocycles. The Bertz CT molecular complexity index is 912. The number of hydrogen-bond acceptors (Lipinski definition) is 2. The number of unbranched alkanes of at least 4 members (excludes halogenated alkanes) is 5. The van der Waals surface area contributed by atoms with Gasteiger partial charge in [0.05, 0.1) is 12.7 Å². The molecule has 3 rings (SSSR count). The highest BCUT2D eigenvalue weighted by Gasteiger charge is 2.10. The molecule has 0 amide bonds. The van der Waals surface area contributed by atoms with Gasteiger partial charge in [-0.2, -0.15) is 0 Å². The van der Waals surface area contributed by atoms with E-state index in [2.05, 4.69) is 74.5 Å². The van der Waals surface area contributed by atoms with E-state index in [0.717, 1.165) is 18.8 Å². The van der Waals surface area contributed by atoms with Crippen molar-refractivity contribution in [2.24, 2.45) is 0 Å². The second kappa shape index (κ2) is 13.1. The Labute approximate surface area is 194 Å². The number of benzene rings is 3. The van der Waals surface area contributed by atoms with Gasteiger partial charge in [-0.3, -0.25) is 0 Å². The Morgan fingerprint density at radius 1 is 0.656 bits per heavy atom. The molecule has 0 radical (unpaired) electrons. The Balaban J connectivity index is 1.62. The molecule has 1 unspecified atom stereocenters. The lowest BCUT2D eigenvalue weighted by Crippen LogP contribution is -2.02. The maximum absolute atomic E-state index is 6.09. The van der Waals surface area contributed by atoms with Gasteiger partial charge in [0.25, 0.3) is 0 Å². The lowest BCUT2D eigenvalue weighted by atomic mass is 9.94. The third kappa shape index (κ3) is 6.97. The fourth-order valence-corrected chi connectivity index (χ4v) is 4.06. The minimum atomic E-state index is 0.126. The summed E-state index contributed by atoms with van der Waals surface area (Å²) in [5.74, 6) is 0.910. The van der Waals surface area contributed by atoms with Gasteiger partial charge in [0.1, 0.15) is 5.75 Å². The van der Waals surface area contributed by atoms with E-state index in [1.807, 2.05) is 19.1 Å². The van der Waals surface area contributed by atoms with Crippen molar-refractivity contribution in [2.75, 3.05) is 13.2 Å². The second-order valence-corrected chi connectivity index (χ2v) is 8.41. The van der Waals surface area contributed by atoms with E-state index in [9.17, 15) is 0 Å². The minimum absolute atomic E-state index is 0.126. The molecule has 0 saturated carbocycles. The summed E-state index contributed by atoms with van der Waals surface area (Å²) in [6, 6.07) is 25.8. The monoisotopic (exact) mass is 430 g/mol. The standard InChI is InChI=1S/C30H38O2/c1-4-6-7-8-9-12-23-32-24(3)25-15-17-26(18-16-25)29-13-10-11-14-30(29)27-19-21-28(22-20-27)31-5-2/h10-11,13-22,24H,4-9,12,23H2,1-3H3. The van der Waals surface area contributed by atoms with E-state index in [1.165, 1.54) is 59.9 Å². The number of rotatable bonds is 13. The fraction of sp³-hybridized carbons (Fsp3) is 0.400. The van der Waals surface area contributed by atoms with Crippen molar-refractivity contribution < 1.29 is 9.47 Å². The average molecular weight is 431 g/mol. The molecule has 2 nitrogen and oxygen atoms in total. The van der Waals surface area contributed by atoms with Crippen molar-refractivity contribution in [3.8, 4) is 28.0 Å². The van der Waals surface area contributed by atoms with Gasteiger partial charge in [-0.15, -0.1) is 0 Å². The molecule has 0 heterocycles. The van der Waals surface area contributed by atoms with Crippen LogP contribution in [-0.4, -0.2) is 13.2 Å². The molecule has 32 heavy (non-hydrogen) atoms. The molecule has 2 heteroatoms. The number of hydrogen-bond donors (Lipinski definition) is 0. The Morgan fingerprint density at radius 2 is 1.22 bits per heavy atom. The predicted molar refractivity (Wildman–Crippen MR) is 136 cm³/mol. The van der Waals surface area contributed by atoms with Crippen molar-refractivity contribution in [3.05, 3.63) is 78.4 Å². The van der Waals surface area contributed by atoms with Crippen LogP contribution in [0.3, 0.4) is 0 Å². The maximum atomic E-state index is 6.09. The van der Waals surface area contributed by atoms with Crippen molar-refractivity contribution in [1.82, 2.24) is 0 Å². The van der Waals surface area contributed by atoms with Gasteiger partial charge in [-0.05, 0) is 60.2 Å². The second-order valence-electron chi connectivity index (χ2n) is 8.41. The molecular weight excluding hydrogens is 392 g/mol. The van der Waals surface area contributed by atoms with Crippen molar-refractivity contribution in [1.29, 1.82) is 0 Å². The maximum Gasteiger partial charge on any atom is 0.119 e. The first kappa shape index (κ1) is 24.1. The van der Waals surface area contributed by atoms with Gasteiger partial charge < -0.3 is 9.47 Å². The van der Waals surface area contributed by atoms with E-state index in [1.54, 1.807) is 0 Å². The van der Waals surface area contributed by atoms with Crippen LogP contribution in [0.1, 0.15) is 71.0 Å². The molecule has 3 aromatic carbocycles. The van der Waals surface area contributed by atoms with Gasteiger partial charge >= 0.3 is 0 Å². The van der Waals surface area contributed by atoms with E-state index in [0.29, 0.717) is 6.61 Å². The Kier molecular flexibility index (Phi) is 9.84.